The zero-order valence-corrected chi connectivity index (χ0v) is 27.2. The minimum Gasteiger partial charge on any atom is -0.311 e. The molecule has 1 heterocycles. The number of hydrogen-bond acceptors (Lipinski definition) is 2. The fraction of sp³-hybridized carbons (Fsp3) is 0.0889. The van der Waals surface area contributed by atoms with Crippen molar-refractivity contribution < 1.29 is 0 Å². The van der Waals surface area contributed by atoms with E-state index in [1.807, 2.05) is 0 Å². The van der Waals surface area contributed by atoms with Crippen molar-refractivity contribution in [3.8, 4) is 5.69 Å². The van der Waals surface area contributed by atoms with E-state index < -0.39 is 5.41 Å². The number of allylic oxidation sites excluding steroid dienone is 4. The lowest BCUT2D eigenvalue weighted by Gasteiger charge is -2.32. The molecule has 3 heteroatoms. The van der Waals surface area contributed by atoms with Crippen LogP contribution in [0.1, 0.15) is 34.0 Å². The lowest BCUT2D eigenvalue weighted by atomic mass is 9.74. The highest BCUT2D eigenvalue weighted by atomic mass is 15.1. The molecule has 0 spiro atoms. The number of rotatable bonds is 7. The number of para-hydroxylation sites is 3. The SMILES string of the molecule is Cc1ccc(N(c2ccc(C)cc2)c2ccc(C3C=CC(c4ccccc4)(c4nc5ccccc5n4-c4ccccc4)C=C3)cc2)cc1. The van der Waals surface area contributed by atoms with Crippen LogP contribution in [-0.4, -0.2) is 9.55 Å². The molecule has 232 valence electrons. The summed E-state index contributed by atoms with van der Waals surface area (Å²) in [5, 5.41) is 0. The van der Waals surface area contributed by atoms with Gasteiger partial charge in [0.05, 0.1) is 16.4 Å². The molecule has 7 aromatic rings. The summed E-state index contributed by atoms with van der Waals surface area (Å²) in [4.78, 5) is 7.64. The average Bonchev–Trinajstić information content (AvgIpc) is 3.55. The first kappa shape index (κ1) is 29.5. The van der Waals surface area contributed by atoms with Crippen molar-refractivity contribution in [1.82, 2.24) is 9.55 Å². The first-order valence-electron chi connectivity index (χ1n) is 16.6. The third-order valence-corrected chi connectivity index (χ3v) is 9.45. The van der Waals surface area contributed by atoms with E-state index in [2.05, 4.69) is 205 Å². The number of hydrogen-bond donors (Lipinski definition) is 0. The predicted octanol–water partition coefficient (Wildman–Crippen LogP) is 11.3. The molecule has 3 nitrogen and oxygen atoms in total. The van der Waals surface area contributed by atoms with Gasteiger partial charge in [-0.2, -0.15) is 0 Å². The van der Waals surface area contributed by atoms with Gasteiger partial charge in [0.2, 0.25) is 0 Å². The van der Waals surface area contributed by atoms with E-state index in [0.717, 1.165) is 39.6 Å². The lowest BCUT2D eigenvalue weighted by molar-refractivity contribution is 0.701. The second-order valence-corrected chi connectivity index (χ2v) is 12.7. The minimum atomic E-state index is -0.541. The summed E-state index contributed by atoms with van der Waals surface area (Å²) in [6, 6.07) is 56.2. The lowest BCUT2D eigenvalue weighted by Crippen LogP contribution is -2.29. The molecular formula is C45H37N3. The first-order chi connectivity index (χ1) is 23.6. The first-order valence-corrected chi connectivity index (χ1v) is 16.6. The van der Waals surface area contributed by atoms with Gasteiger partial charge in [0.25, 0.3) is 0 Å². The highest BCUT2D eigenvalue weighted by molar-refractivity contribution is 5.80. The van der Waals surface area contributed by atoms with Crippen molar-refractivity contribution in [3.05, 3.63) is 210 Å². The Morgan fingerprint density at radius 3 is 1.62 bits per heavy atom. The molecule has 1 aromatic heterocycles. The van der Waals surface area contributed by atoms with Crippen LogP contribution in [-0.2, 0) is 5.41 Å². The minimum absolute atomic E-state index is 0.137. The summed E-state index contributed by atoms with van der Waals surface area (Å²) >= 11 is 0. The maximum Gasteiger partial charge on any atom is 0.132 e. The second-order valence-electron chi connectivity index (χ2n) is 12.7. The average molecular weight is 620 g/mol. The Kier molecular flexibility index (Phi) is 7.58. The molecule has 0 aliphatic heterocycles. The van der Waals surface area contributed by atoms with E-state index in [1.54, 1.807) is 0 Å². The van der Waals surface area contributed by atoms with Crippen LogP contribution >= 0.6 is 0 Å². The third kappa shape index (κ3) is 5.34. The fourth-order valence-corrected chi connectivity index (χ4v) is 6.86. The molecule has 1 aliphatic rings. The largest absolute Gasteiger partial charge is 0.311 e. The Labute approximate surface area is 282 Å². The summed E-state index contributed by atoms with van der Waals surface area (Å²) in [6.45, 7) is 4.26. The molecule has 48 heavy (non-hydrogen) atoms. The fourth-order valence-electron chi connectivity index (χ4n) is 6.86. The van der Waals surface area contributed by atoms with Crippen molar-refractivity contribution in [1.29, 1.82) is 0 Å². The van der Waals surface area contributed by atoms with Gasteiger partial charge in [-0.25, -0.2) is 4.98 Å². The molecule has 0 N–H and O–H groups in total. The van der Waals surface area contributed by atoms with E-state index >= 15 is 0 Å². The molecule has 0 fully saturated rings. The van der Waals surface area contributed by atoms with Crippen LogP contribution in [0.4, 0.5) is 17.1 Å². The number of aromatic nitrogens is 2. The quantitative estimate of drug-likeness (QED) is 0.166. The normalized spacial score (nSPS) is 17.1. The highest BCUT2D eigenvalue weighted by Crippen LogP contribution is 2.43. The molecule has 0 radical (unpaired) electrons. The Hall–Kier alpha value is -5.93. The molecule has 6 aromatic carbocycles. The number of fused-ring (bicyclic) bond motifs is 1. The molecule has 0 saturated heterocycles. The monoisotopic (exact) mass is 619 g/mol. The van der Waals surface area contributed by atoms with Gasteiger partial charge >= 0.3 is 0 Å². The summed E-state index contributed by atoms with van der Waals surface area (Å²) in [5.74, 6) is 1.12. The van der Waals surface area contributed by atoms with Gasteiger partial charge in [0, 0.05) is 28.7 Å². The number of imidazole rings is 1. The van der Waals surface area contributed by atoms with Crippen LogP contribution in [0.2, 0.25) is 0 Å². The number of aryl methyl sites for hydroxylation is 2. The van der Waals surface area contributed by atoms with Gasteiger partial charge in [-0.3, -0.25) is 4.57 Å². The van der Waals surface area contributed by atoms with Crippen molar-refractivity contribution >= 4 is 28.1 Å². The number of nitrogens with zero attached hydrogens (tertiary/aromatic N) is 3. The van der Waals surface area contributed by atoms with Crippen LogP contribution in [0.15, 0.2) is 182 Å². The van der Waals surface area contributed by atoms with E-state index in [-0.39, 0.29) is 5.92 Å². The molecular weight excluding hydrogens is 583 g/mol. The summed E-state index contributed by atoms with van der Waals surface area (Å²) in [7, 11) is 0. The van der Waals surface area contributed by atoms with Gasteiger partial charge < -0.3 is 4.90 Å². The van der Waals surface area contributed by atoms with Gasteiger partial charge in [0.1, 0.15) is 5.82 Å². The molecule has 0 atom stereocenters. The Bertz CT molecular complexity index is 2170. The third-order valence-electron chi connectivity index (χ3n) is 9.45. The standard InChI is InChI=1S/C45H37N3/c1-33-17-23-39(24-18-33)47(40-25-19-34(2)20-26-40)41-27-21-35(22-28-41)36-29-31-45(32-30-36,37-11-5-3-6-12-37)44-46-42-15-9-10-16-43(42)48(44)38-13-7-4-8-14-38/h3-32,36H,1-2H3. The highest BCUT2D eigenvalue weighted by Gasteiger charge is 2.37. The van der Waals surface area contributed by atoms with E-state index in [9.17, 15) is 0 Å². The Morgan fingerprint density at radius 2 is 1.04 bits per heavy atom. The maximum absolute atomic E-state index is 5.31. The van der Waals surface area contributed by atoms with Crippen LogP contribution in [0, 0.1) is 13.8 Å². The van der Waals surface area contributed by atoms with Crippen molar-refractivity contribution in [2.75, 3.05) is 4.90 Å². The van der Waals surface area contributed by atoms with Crippen LogP contribution < -0.4 is 4.90 Å². The zero-order chi connectivity index (χ0) is 32.5. The van der Waals surface area contributed by atoms with Crippen LogP contribution in [0.5, 0.6) is 0 Å². The molecule has 0 unspecified atom stereocenters. The van der Waals surface area contributed by atoms with Gasteiger partial charge in [-0.15, -0.1) is 0 Å². The zero-order valence-electron chi connectivity index (χ0n) is 27.2. The van der Waals surface area contributed by atoms with Crippen molar-refractivity contribution in [2.45, 2.75) is 25.2 Å². The number of anilines is 3. The smallest absolute Gasteiger partial charge is 0.132 e. The predicted molar refractivity (Wildman–Crippen MR) is 200 cm³/mol. The Morgan fingerprint density at radius 1 is 0.542 bits per heavy atom. The topological polar surface area (TPSA) is 21.1 Å². The van der Waals surface area contributed by atoms with Crippen LogP contribution in [0.3, 0.4) is 0 Å². The molecule has 1 aliphatic carbocycles. The molecule has 0 amide bonds. The summed E-state index contributed by atoms with van der Waals surface area (Å²) < 4.78 is 2.32. The van der Waals surface area contributed by atoms with Crippen molar-refractivity contribution in [3.63, 3.8) is 0 Å². The maximum atomic E-state index is 5.31. The van der Waals surface area contributed by atoms with E-state index in [1.165, 1.54) is 22.3 Å². The van der Waals surface area contributed by atoms with Gasteiger partial charge in [0.15, 0.2) is 0 Å². The van der Waals surface area contributed by atoms with Crippen molar-refractivity contribution in [2.24, 2.45) is 0 Å². The van der Waals surface area contributed by atoms with Crippen LogP contribution in [0.25, 0.3) is 16.7 Å². The van der Waals surface area contributed by atoms with E-state index in [4.69, 9.17) is 4.98 Å². The second kappa shape index (κ2) is 12.4. The summed E-state index contributed by atoms with van der Waals surface area (Å²) in [6.07, 6.45) is 9.39. The Balaban J connectivity index is 1.18. The molecule has 8 rings (SSSR count). The molecule has 0 bridgehead atoms. The summed E-state index contributed by atoms with van der Waals surface area (Å²) in [5.41, 5.74) is 11.0. The van der Waals surface area contributed by atoms with Gasteiger partial charge in [-0.05, 0) is 85.6 Å². The number of benzene rings is 6. The molecule has 0 saturated carbocycles. The van der Waals surface area contributed by atoms with E-state index in [0.29, 0.717) is 0 Å². The van der Waals surface area contributed by atoms with Gasteiger partial charge in [-0.1, -0.05) is 132 Å².